The van der Waals surface area contributed by atoms with Gasteiger partial charge in [0.05, 0.1) is 6.61 Å². The molecule has 1 aromatic carbocycles. The van der Waals surface area contributed by atoms with Crippen LogP contribution in [0.25, 0.3) is 5.57 Å². The van der Waals surface area contributed by atoms with Gasteiger partial charge in [0, 0.05) is 12.0 Å². The molecule has 0 radical (unpaired) electrons. The van der Waals surface area contributed by atoms with Crippen LogP contribution in [0.2, 0.25) is 0 Å². The van der Waals surface area contributed by atoms with Gasteiger partial charge in [0.2, 0.25) is 0 Å². The Labute approximate surface area is 81.0 Å². The highest BCUT2D eigenvalue weighted by Gasteiger charge is 2.16. The van der Waals surface area contributed by atoms with Crippen molar-refractivity contribution in [3.63, 3.8) is 0 Å². The zero-order valence-electron chi connectivity index (χ0n) is 7.50. The summed E-state index contributed by atoms with van der Waals surface area (Å²) in [5, 5.41) is 0. The molecular weight excluding hydrogens is 183 g/mol. The molecule has 0 spiro atoms. The number of carbonyl (C=O) groups is 1. The van der Waals surface area contributed by atoms with Gasteiger partial charge in [-0.15, -0.1) is 0 Å². The highest BCUT2D eigenvalue weighted by atomic mass is 19.1. The van der Waals surface area contributed by atoms with Crippen molar-refractivity contribution in [2.24, 2.45) is 0 Å². The molecular formula is C11H9FO2. The normalized spacial score (nSPS) is 15.5. The fourth-order valence-corrected chi connectivity index (χ4v) is 1.52. The Morgan fingerprint density at radius 2 is 2.00 bits per heavy atom. The highest BCUT2D eigenvalue weighted by molar-refractivity contribution is 5.87. The van der Waals surface area contributed by atoms with E-state index in [1.165, 1.54) is 12.1 Å². The Kier molecular flexibility index (Phi) is 2.31. The molecule has 0 atom stereocenters. The minimum Gasteiger partial charge on any atom is -0.489 e. The lowest BCUT2D eigenvalue weighted by atomic mass is 10.0. The number of halogens is 1. The third kappa shape index (κ3) is 1.53. The summed E-state index contributed by atoms with van der Waals surface area (Å²) < 4.78 is 17.8. The van der Waals surface area contributed by atoms with Gasteiger partial charge in [-0.3, -0.25) is 4.79 Å². The van der Waals surface area contributed by atoms with Crippen LogP contribution in [-0.4, -0.2) is 12.9 Å². The van der Waals surface area contributed by atoms with Gasteiger partial charge in [-0.1, -0.05) is 12.1 Å². The molecule has 0 saturated heterocycles. The van der Waals surface area contributed by atoms with Gasteiger partial charge >= 0.3 is 0 Å². The first-order chi connectivity index (χ1) is 6.81. The van der Waals surface area contributed by atoms with Crippen LogP contribution >= 0.6 is 0 Å². The average molecular weight is 192 g/mol. The average Bonchev–Trinajstić information content (AvgIpc) is 2.67. The summed E-state index contributed by atoms with van der Waals surface area (Å²) in [6.45, 7) is 0.529. The summed E-state index contributed by atoms with van der Waals surface area (Å²) >= 11 is 0. The second kappa shape index (κ2) is 3.62. The van der Waals surface area contributed by atoms with Gasteiger partial charge in [0.25, 0.3) is 0 Å². The van der Waals surface area contributed by atoms with Crippen LogP contribution < -0.4 is 0 Å². The van der Waals surface area contributed by atoms with E-state index in [2.05, 4.69) is 0 Å². The number of benzene rings is 1. The molecule has 0 bridgehead atoms. The maximum atomic E-state index is 12.6. The van der Waals surface area contributed by atoms with Crippen molar-refractivity contribution < 1.29 is 13.9 Å². The van der Waals surface area contributed by atoms with E-state index in [-0.39, 0.29) is 5.82 Å². The summed E-state index contributed by atoms with van der Waals surface area (Å²) in [5.74, 6) is 0.0949. The number of carbonyl (C=O) groups excluding carboxylic acids is 1. The van der Waals surface area contributed by atoms with Crippen LogP contribution in [0.15, 0.2) is 30.0 Å². The number of hydrogen-bond donors (Lipinski definition) is 0. The molecule has 0 fully saturated rings. The van der Waals surface area contributed by atoms with Crippen LogP contribution in [0.1, 0.15) is 12.0 Å². The largest absolute Gasteiger partial charge is 0.489 e. The van der Waals surface area contributed by atoms with Crippen molar-refractivity contribution in [2.45, 2.75) is 6.42 Å². The van der Waals surface area contributed by atoms with Gasteiger partial charge in [-0.25, -0.2) is 4.39 Å². The Morgan fingerprint density at radius 3 is 2.64 bits per heavy atom. The standard InChI is InChI=1S/C11H9FO2/c12-9-3-1-8(2-4-9)10-5-6-14-11(10)7-13/h1-4,7H,5-6H2. The number of ether oxygens (including phenoxy) is 1. The van der Waals surface area contributed by atoms with Gasteiger partial charge in [0.1, 0.15) is 5.82 Å². The third-order valence-corrected chi connectivity index (χ3v) is 2.21. The molecule has 14 heavy (non-hydrogen) atoms. The molecule has 1 aliphatic heterocycles. The van der Waals surface area contributed by atoms with E-state index >= 15 is 0 Å². The summed E-state index contributed by atoms with van der Waals surface area (Å²) in [6, 6.07) is 6.07. The summed E-state index contributed by atoms with van der Waals surface area (Å²) in [5.41, 5.74) is 1.71. The topological polar surface area (TPSA) is 26.3 Å². The van der Waals surface area contributed by atoms with Crippen molar-refractivity contribution in [3.05, 3.63) is 41.4 Å². The Morgan fingerprint density at radius 1 is 1.29 bits per heavy atom. The third-order valence-electron chi connectivity index (χ3n) is 2.21. The quantitative estimate of drug-likeness (QED) is 0.671. The van der Waals surface area contributed by atoms with Gasteiger partial charge in [-0.05, 0) is 17.7 Å². The molecule has 0 aliphatic carbocycles. The minimum atomic E-state index is -0.277. The number of rotatable bonds is 2. The van der Waals surface area contributed by atoms with Crippen LogP contribution in [0, 0.1) is 5.82 Å². The first-order valence-corrected chi connectivity index (χ1v) is 4.38. The molecule has 1 aliphatic rings. The molecule has 1 heterocycles. The van der Waals surface area contributed by atoms with Crippen molar-refractivity contribution in [3.8, 4) is 0 Å². The molecule has 0 N–H and O–H groups in total. The Balaban J connectivity index is 2.39. The first-order valence-electron chi connectivity index (χ1n) is 4.38. The number of hydrogen-bond acceptors (Lipinski definition) is 2. The SMILES string of the molecule is O=CC1=C(c2ccc(F)cc2)CCO1. The molecule has 0 saturated carbocycles. The van der Waals surface area contributed by atoms with E-state index in [9.17, 15) is 9.18 Å². The summed E-state index contributed by atoms with van der Waals surface area (Å²) in [4.78, 5) is 10.6. The van der Waals surface area contributed by atoms with E-state index < -0.39 is 0 Å². The van der Waals surface area contributed by atoms with Crippen molar-refractivity contribution in [2.75, 3.05) is 6.61 Å². The molecule has 0 aromatic heterocycles. The van der Waals surface area contributed by atoms with E-state index in [1.54, 1.807) is 12.1 Å². The minimum absolute atomic E-state index is 0.277. The predicted molar refractivity (Wildman–Crippen MR) is 50.0 cm³/mol. The van der Waals surface area contributed by atoms with E-state index in [0.29, 0.717) is 25.1 Å². The monoisotopic (exact) mass is 192 g/mol. The molecule has 72 valence electrons. The fourth-order valence-electron chi connectivity index (χ4n) is 1.52. The maximum Gasteiger partial charge on any atom is 0.184 e. The van der Waals surface area contributed by atoms with Crippen molar-refractivity contribution >= 4 is 11.9 Å². The van der Waals surface area contributed by atoms with Crippen LogP contribution in [0.4, 0.5) is 4.39 Å². The summed E-state index contributed by atoms with van der Waals surface area (Å²) in [7, 11) is 0. The molecule has 0 unspecified atom stereocenters. The molecule has 2 nitrogen and oxygen atoms in total. The van der Waals surface area contributed by atoms with E-state index in [1.807, 2.05) is 0 Å². The second-order valence-electron chi connectivity index (χ2n) is 3.07. The molecule has 2 rings (SSSR count). The molecule has 0 amide bonds. The zero-order valence-corrected chi connectivity index (χ0v) is 7.50. The van der Waals surface area contributed by atoms with Gasteiger partial charge < -0.3 is 4.74 Å². The van der Waals surface area contributed by atoms with Crippen LogP contribution in [-0.2, 0) is 9.53 Å². The number of aldehydes is 1. The van der Waals surface area contributed by atoms with Crippen molar-refractivity contribution in [1.82, 2.24) is 0 Å². The highest BCUT2D eigenvalue weighted by Crippen LogP contribution is 2.27. The van der Waals surface area contributed by atoms with E-state index in [4.69, 9.17) is 4.74 Å². The lowest BCUT2D eigenvalue weighted by molar-refractivity contribution is -0.107. The predicted octanol–water partition coefficient (Wildman–Crippen LogP) is 2.16. The second-order valence-corrected chi connectivity index (χ2v) is 3.07. The fraction of sp³-hybridized carbons (Fsp3) is 0.182. The Hall–Kier alpha value is -1.64. The van der Waals surface area contributed by atoms with Crippen LogP contribution in [0.3, 0.4) is 0 Å². The van der Waals surface area contributed by atoms with Crippen LogP contribution in [0.5, 0.6) is 0 Å². The first kappa shape index (κ1) is 8.94. The molecule has 1 aromatic rings. The zero-order chi connectivity index (χ0) is 9.97. The lowest BCUT2D eigenvalue weighted by Gasteiger charge is -2.00. The lowest BCUT2D eigenvalue weighted by Crippen LogP contribution is -1.87. The van der Waals surface area contributed by atoms with Crippen molar-refractivity contribution in [1.29, 1.82) is 0 Å². The van der Waals surface area contributed by atoms with Gasteiger partial charge in [-0.2, -0.15) is 0 Å². The smallest absolute Gasteiger partial charge is 0.184 e. The van der Waals surface area contributed by atoms with E-state index in [0.717, 1.165) is 11.1 Å². The number of allylic oxidation sites excluding steroid dienone is 1. The Bertz CT molecular complexity index is 379. The summed E-state index contributed by atoms with van der Waals surface area (Å²) in [6.07, 6.45) is 1.41. The van der Waals surface area contributed by atoms with Gasteiger partial charge in [0.15, 0.2) is 12.0 Å². The molecule has 3 heteroatoms. The maximum absolute atomic E-state index is 12.6.